The summed E-state index contributed by atoms with van der Waals surface area (Å²) < 4.78 is 9.93. The van der Waals surface area contributed by atoms with E-state index in [-0.39, 0.29) is 0 Å². The van der Waals surface area contributed by atoms with Crippen LogP contribution in [0.25, 0.3) is 12.3 Å². The second kappa shape index (κ2) is 1.62. The first-order valence-electron chi connectivity index (χ1n) is 2.68. The van der Waals surface area contributed by atoms with E-state index in [0.717, 1.165) is 10.8 Å². The maximum Gasteiger partial charge on any atom is 0.182 e. The third-order valence-electron chi connectivity index (χ3n) is 1.18. The Labute approximate surface area is 51.3 Å². The van der Waals surface area contributed by atoms with Gasteiger partial charge in [0.2, 0.25) is 0 Å². The molecule has 0 saturated carbocycles. The molecule has 3 nitrogen and oxygen atoms in total. The molecule has 0 aliphatic carbocycles. The van der Waals surface area contributed by atoms with Gasteiger partial charge >= 0.3 is 0 Å². The summed E-state index contributed by atoms with van der Waals surface area (Å²) in [6.07, 6.45) is 4.85. The summed E-state index contributed by atoms with van der Waals surface area (Å²) in [5.41, 5.74) is 0.807. The first-order valence-corrected chi connectivity index (χ1v) is 2.68. The monoisotopic (exact) mass is 123 g/mol. The summed E-state index contributed by atoms with van der Waals surface area (Å²) in [7, 11) is 0. The molecule has 0 aromatic carbocycles. The van der Waals surface area contributed by atoms with Gasteiger partial charge in [-0.2, -0.15) is 0 Å². The fourth-order valence-corrected chi connectivity index (χ4v) is 0.756. The Morgan fingerprint density at radius 3 is 3.44 bits per heavy atom. The minimum absolute atomic E-state index is 0.586. The molecular weight excluding hydrogens is 118 g/mol. The first-order chi connectivity index (χ1) is 4.47. The van der Waals surface area contributed by atoms with Crippen LogP contribution in [0.4, 0.5) is 0 Å². The van der Waals surface area contributed by atoms with Crippen LogP contribution in [0.5, 0.6) is 0 Å². The highest BCUT2D eigenvalue weighted by Gasteiger charge is 1.94. The number of rotatable bonds is 0. The van der Waals surface area contributed by atoms with Crippen LogP contribution in [0.2, 0.25) is 0 Å². The van der Waals surface area contributed by atoms with Gasteiger partial charge in [-0.1, -0.05) is 0 Å². The molecule has 9 heavy (non-hydrogen) atoms. The largest absolute Gasteiger partial charge is 0.495 e. The number of ether oxygens (including phenoxy) is 1. The lowest BCUT2D eigenvalue weighted by Gasteiger charge is -1.94. The molecule has 0 saturated heterocycles. The van der Waals surface area contributed by atoms with Crippen LogP contribution in [0, 0.1) is 0 Å². The molecular formula is C6H5NO2. The highest BCUT2D eigenvalue weighted by molar-refractivity contribution is 5.25. The minimum Gasteiger partial charge on any atom is -0.495 e. The van der Waals surface area contributed by atoms with Crippen molar-refractivity contribution < 1.29 is 9.15 Å². The molecule has 0 bridgehead atoms. The quantitative estimate of drug-likeness (QED) is 0.454. The molecule has 0 fully saturated rings. The van der Waals surface area contributed by atoms with Gasteiger partial charge in [-0.25, -0.2) is 4.98 Å². The molecule has 2 heterocycles. The Bertz CT molecular complexity index is 282. The molecule has 0 amide bonds. The Morgan fingerprint density at radius 2 is 2.56 bits per heavy atom. The predicted octanol–water partition coefficient (Wildman–Crippen LogP) is -0.777. The molecule has 1 aromatic heterocycles. The molecule has 1 aromatic rings. The van der Waals surface area contributed by atoms with E-state index >= 15 is 0 Å². The molecule has 0 spiro atoms. The number of hydrogen-bond acceptors (Lipinski definition) is 3. The van der Waals surface area contributed by atoms with Gasteiger partial charge in [-0.3, -0.25) is 0 Å². The number of fused-ring (bicyclic) bond motifs is 1. The summed E-state index contributed by atoms with van der Waals surface area (Å²) in [6, 6.07) is 0. The van der Waals surface area contributed by atoms with Gasteiger partial charge < -0.3 is 9.15 Å². The third kappa shape index (κ3) is 0.614. The first kappa shape index (κ1) is 4.61. The standard InChI is InChI=1S/C6H5NO2/c1-2-8-3-5-6(1)9-4-7-5/h1,3-4H,2H2. The zero-order valence-corrected chi connectivity index (χ0v) is 4.70. The lowest BCUT2D eigenvalue weighted by Crippen LogP contribution is -2.25. The highest BCUT2D eigenvalue weighted by Crippen LogP contribution is 1.79. The van der Waals surface area contributed by atoms with Crippen LogP contribution in [0.3, 0.4) is 0 Å². The van der Waals surface area contributed by atoms with Gasteiger partial charge in [0.05, 0.1) is 0 Å². The topological polar surface area (TPSA) is 35.3 Å². The van der Waals surface area contributed by atoms with Crippen molar-refractivity contribution in [3.63, 3.8) is 0 Å². The van der Waals surface area contributed by atoms with Crippen molar-refractivity contribution in [1.82, 2.24) is 4.98 Å². The number of oxazole rings is 1. The van der Waals surface area contributed by atoms with Crippen LogP contribution in [0.15, 0.2) is 10.8 Å². The smallest absolute Gasteiger partial charge is 0.182 e. The van der Waals surface area contributed by atoms with Gasteiger partial charge in [0.25, 0.3) is 0 Å². The Hall–Kier alpha value is -1.25. The zero-order chi connectivity index (χ0) is 6.10. The highest BCUT2D eigenvalue weighted by atomic mass is 16.5. The molecule has 2 rings (SSSR count). The average molecular weight is 123 g/mol. The van der Waals surface area contributed by atoms with E-state index in [0.29, 0.717) is 6.61 Å². The maximum atomic E-state index is 4.98. The average Bonchev–Trinajstić information content (AvgIpc) is 2.33. The normalized spacial score (nSPS) is 14.7. The van der Waals surface area contributed by atoms with Crippen LogP contribution in [0.1, 0.15) is 0 Å². The molecule has 0 atom stereocenters. The van der Waals surface area contributed by atoms with Gasteiger partial charge in [0, 0.05) is 0 Å². The third-order valence-corrected chi connectivity index (χ3v) is 1.18. The van der Waals surface area contributed by atoms with E-state index < -0.39 is 0 Å². The van der Waals surface area contributed by atoms with Crippen molar-refractivity contribution in [2.24, 2.45) is 0 Å². The van der Waals surface area contributed by atoms with Crippen molar-refractivity contribution in [2.75, 3.05) is 6.61 Å². The van der Waals surface area contributed by atoms with E-state index in [1.807, 2.05) is 6.08 Å². The molecule has 3 heteroatoms. The lowest BCUT2D eigenvalue weighted by atomic mass is 10.5. The van der Waals surface area contributed by atoms with Crippen LogP contribution < -0.4 is 10.8 Å². The van der Waals surface area contributed by atoms with Crippen molar-refractivity contribution in [2.45, 2.75) is 0 Å². The molecule has 1 aliphatic rings. The van der Waals surface area contributed by atoms with Crippen molar-refractivity contribution in [3.05, 3.63) is 17.2 Å². The zero-order valence-electron chi connectivity index (χ0n) is 4.70. The van der Waals surface area contributed by atoms with Gasteiger partial charge in [-0.05, 0) is 6.08 Å². The molecule has 46 valence electrons. The van der Waals surface area contributed by atoms with Crippen LogP contribution in [-0.4, -0.2) is 11.6 Å². The van der Waals surface area contributed by atoms with E-state index in [1.54, 1.807) is 6.26 Å². The lowest BCUT2D eigenvalue weighted by molar-refractivity contribution is 0.340. The summed E-state index contributed by atoms with van der Waals surface area (Å²) in [5, 5.41) is 0.779. The second-order valence-corrected chi connectivity index (χ2v) is 1.76. The van der Waals surface area contributed by atoms with Crippen LogP contribution in [-0.2, 0) is 4.74 Å². The minimum atomic E-state index is 0.586. The van der Waals surface area contributed by atoms with Gasteiger partial charge in [0.1, 0.15) is 18.2 Å². The number of hydrogen-bond donors (Lipinski definition) is 0. The summed E-state index contributed by atoms with van der Waals surface area (Å²) >= 11 is 0. The molecule has 0 radical (unpaired) electrons. The van der Waals surface area contributed by atoms with E-state index in [1.165, 1.54) is 6.39 Å². The Kier molecular flexibility index (Phi) is 0.828. The summed E-state index contributed by atoms with van der Waals surface area (Å²) in [4.78, 5) is 3.88. The van der Waals surface area contributed by atoms with E-state index in [2.05, 4.69) is 4.98 Å². The molecule has 0 unspecified atom stereocenters. The summed E-state index contributed by atoms with van der Waals surface area (Å²) in [5.74, 6) is 0. The molecule has 1 aliphatic heterocycles. The maximum absolute atomic E-state index is 4.98. The Balaban J connectivity index is 2.89. The predicted molar refractivity (Wildman–Crippen MR) is 30.6 cm³/mol. The fraction of sp³-hybridized carbons (Fsp3) is 0.167. The van der Waals surface area contributed by atoms with Gasteiger partial charge in [0.15, 0.2) is 11.8 Å². The van der Waals surface area contributed by atoms with Crippen molar-refractivity contribution in [1.29, 1.82) is 0 Å². The fourth-order valence-electron chi connectivity index (χ4n) is 0.756. The van der Waals surface area contributed by atoms with E-state index in [9.17, 15) is 0 Å². The SMILES string of the molecule is C1=c2ncoc2=CCO1. The van der Waals surface area contributed by atoms with Gasteiger partial charge in [-0.15, -0.1) is 0 Å². The van der Waals surface area contributed by atoms with Crippen molar-refractivity contribution in [3.8, 4) is 0 Å². The van der Waals surface area contributed by atoms with E-state index in [4.69, 9.17) is 9.15 Å². The Morgan fingerprint density at radius 1 is 1.56 bits per heavy atom. The molecule has 0 N–H and O–H groups in total. The second-order valence-electron chi connectivity index (χ2n) is 1.76. The number of nitrogens with zero attached hydrogens (tertiary/aromatic N) is 1. The van der Waals surface area contributed by atoms with Crippen molar-refractivity contribution >= 4 is 12.3 Å². The number of aromatic nitrogens is 1. The summed E-state index contributed by atoms with van der Waals surface area (Å²) in [6.45, 7) is 0.586. The van der Waals surface area contributed by atoms with Crippen LogP contribution >= 0.6 is 0 Å².